The van der Waals surface area contributed by atoms with E-state index in [1.165, 1.54) is 0 Å². The molecule has 2 atom stereocenters. The summed E-state index contributed by atoms with van der Waals surface area (Å²) in [6, 6.07) is 11.6. The number of hydrogen-bond donors (Lipinski definition) is 3. The smallest absolute Gasteiger partial charge is 0.153 e. The number of fused-ring (bicyclic) bond motifs is 1. The van der Waals surface area contributed by atoms with Gasteiger partial charge in [0.1, 0.15) is 11.6 Å². The molecule has 3 aromatic heterocycles. The summed E-state index contributed by atoms with van der Waals surface area (Å²) in [6.07, 6.45) is 6.10. The molecule has 35 heavy (non-hydrogen) atoms. The van der Waals surface area contributed by atoms with Gasteiger partial charge in [-0.3, -0.25) is 10.1 Å². The number of H-pyrrole nitrogens is 1. The van der Waals surface area contributed by atoms with Crippen LogP contribution in [0.3, 0.4) is 0 Å². The largest absolute Gasteiger partial charge is 0.367 e. The van der Waals surface area contributed by atoms with Crippen LogP contribution in [0, 0.1) is 24.2 Å². The molecule has 3 N–H and O–H groups in total. The van der Waals surface area contributed by atoms with Crippen LogP contribution in [0.1, 0.15) is 45.2 Å². The molecule has 0 saturated carbocycles. The fourth-order valence-corrected chi connectivity index (χ4v) is 6.48. The maximum atomic E-state index is 9.13. The van der Waals surface area contributed by atoms with Gasteiger partial charge >= 0.3 is 0 Å². The topological polar surface area (TPSA) is 109 Å². The van der Waals surface area contributed by atoms with Crippen LogP contribution in [0.15, 0.2) is 30.5 Å². The van der Waals surface area contributed by atoms with Gasteiger partial charge in [0, 0.05) is 72.8 Å². The van der Waals surface area contributed by atoms with Gasteiger partial charge in [-0.05, 0) is 44.7 Å². The van der Waals surface area contributed by atoms with Crippen molar-refractivity contribution >= 4 is 40.5 Å². The molecule has 2 aliphatic heterocycles. The first-order chi connectivity index (χ1) is 17.1. The Balaban J connectivity index is 1.35. The van der Waals surface area contributed by atoms with Crippen molar-refractivity contribution in [2.45, 2.75) is 64.6 Å². The van der Waals surface area contributed by atoms with Crippen LogP contribution in [0.5, 0.6) is 0 Å². The lowest BCUT2D eigenvalue weighted by atomic mass is 9.91. The summed E-state index contributed by atoms with van der Waals surface area (Å²) in [7, 11) is 0. The fourth-order valence-electron chi connectivity index (χ4n) is 4.98. The normalized spacial score (nSPS) is 23.7. The van der Waals surface area contributed by atoms with E-state index in [0.717, 1.165) is 72.8 Å². The predicted octanol–water partition coefficient (Wildman–Crippen LogP) is 4.86. The monoisotopic (exact) mass is 491 g/mol. The van der Waals surface area contributed by atoms with Crippen LogP contribution in [-0.4, -0.2) is 60.0 Å². The number of nitrogens with zero attached hydrogens (tertiary/aromatic N) is 6. The van der Waals surface area contributed by atoms with Gasteiger partial charge in [-0.15, -0.1) is 0 Å². The zero-order valence-electron chi connectivity index (χ0n) is 20.5. The maximum absolute atomic E-state index is 9.13. The second-order valence-electron chi connectivity index (χ2n) is 9.54. The van der Waals surface area contributed by atoms with E-state index in [0.29, 0.717) is 18.1 Å². The summed E-state index contributed by atoms with van der Waals surface area (Å²) in [5.74, 6) is 2.51. The Morgan fingerprint density at radius 1 is 1.17 bits per heavy atom. The number of aromatic amines is 1. The molecule has 5 rings (SSSR count). The Morgan fingerprint density at radius 2 is 1.94 bits per heavy atom. The van der Waals surface area contributed by atoms with Gasteiger partial charge in [-0.2, -0.15) is 10.4 Å². The predicted molar refractivity (Wildman–Crippen MR) is 141 cm³/mol. The SMILES string of the molecule is CCC1CC(Nc2nc(Nc3cc(C)[nH]n3)cc3ncccc23)CC(CC)N1SN1CC(C#N)C1. The second-order valence-corrected chi connectivity index (χ2v) is 10.6. The Morgan fingerprint density at radius 3 is 2.60 bits per heavy atom. The first-order valence-corrected chi connectivity index (χ1v) is 13.2. The van der Waals surface area contributed by atoms with Crippen molar-refractivity contribution in [1.29, 1.82) is 5.26 Å². The fraction of sp³-hybridized carbons (Fsp3) is 0.520. The van der Waals surface area contributed by atoms with Crippen LogP contribution in [0.2, 0.25) is 0 Å². The van der Waals surface area contributed by atoms with Gasteiger partial charge < -0.3 is 10.6 Å². The number of hydrogen-bond acceptors (Lipinski definition) is 9. The number of piperidine rings is 1. The molecule has 184 valence electrons. The number of nitriles is 1. The summed E-state index contributed by atoms with van der Waals surface area (Å²) in [5.41, 5.74) is 1.89. The van der Waals surface area contributed by atoms with E-state index in [4.69, 9.17) is 10.2 Å². The molecular formula is C25H33N9S. The summed E-state index contributed by atoms with van der Waals surface area (Å²) in [6.45, 7) is 8.25. The van der Waals surface area contributed by atoms with E-state index < -0.39 is 0 Å². The zero-order valence-corrected chi connectivity index (χ0v) is 21.3. The van der Waals surface area contributed by atoms with Crippen molar-refractivity contribution in [3.63, 3.8) is 0 Å². The van der Waals surface area contributed by atoms with Gasteiger partial charge in [0.15, 0.2) is 5.82 Å². The van der Waals surface area contributed by atoms with Crippen molar-refractivity contribution in [2.24, 2.45) is 5.92 Å². The van der Waals surface area contributed by atoms with Gasteiger partial charge in [0.05, 0.1) is 17.5 Å². The minimum Gasteiger partial charge on any atom is -0.367 e. The van der Waals surface area contributed by atoms with Crippen LogP contribution in [-0.2, 0) is 0 Å². The molecule has 2 fully saturated rings. The number of nitrogens with one attached hydrogen (secondary N) is 3. The molecule has 3 aromatic rings. The van der Waals surface area contributed by atoms with Crippen molar-refractivity contribution in [3.8, 4) is 6.07 Å². The number of pyridine rings is 2. The first-order valence-electron chi connectivity index (χ1n) is 12.5. The highest BCUT2D eigenvalue weighted by Gasteiger charge is 2.38. The highest BCUT2D eigenvalue weighted by molar-refractivity contribution is 7.94. The molecule has 10 heteroatoms. The Kier molecular flexibility index (Phi) is 7.09. The molecule has 0 bridgehead atoms. The second kappa shape index (κ2) is 10.4. The Hall–Kier alpha value is -2.87. The van der Waals surface area contributed by atoms with Crippen LogP contribution < -0.4 is 10.6 Å². The quantitative estimate of drug-likeness (QED) is 0.381. The zero-order chi connectivity index (χ0) is 24.4. The highest BCUT2D eigenvalue weighted by atomic mass is 32.2. The van der Waals surface area contributed by atoms with E-state index >= 15 is 0 Å². The van der Waals surface area contributed by atoms with E-state index in [1.807, 2.05) is 43.5 Å². The molecule has 0 aliphatic carbocycles. The molecule has 9 nitrogen and oxygen atoms in total. The van der Waals surface area contributed by atoms with Gasteiger partial charge in [0.25, 0.3) is 0 Å². The lowest BCUT2D eigenvalue weighted by Crippen LogP contribution is -2.52. The third-order valence-electron chi connectivity index (χ3n) is 6.92. The van der Waals surface area contributed by atoms with Crippen molar-refractivity contribution < 1.29 is 0 Å². The molecular weight excluding hydrogens is 458 g/mol. The molecule has 0 spiro atoms. The molecule has 2 unspecified atom stereocenters. The van der Waals surface area contributed by atoms with Crippen LogP contribution in [0.4, 0.5) is 17.5 Å². The third kappa shape index (κ3) is 5.22. The van der Waals surface area contributed by atoms with Crippen LogP contribution in [0.25, 0.3) is 10.9 Å². The molecule has 2 aliphatic rings. The van der Waals surface area contributed by atoms with E-state index in [-0.39, 0.29) is 5.92 Å². The summed E-state index contributed by atoms with van der Waals surface area (Å²) >= 11 is 1.85. The first kappa shape index (κ1) is 23.9. The van der Waals surface area contributed by atoms with Crippen molar-refractivity contribution in [3.05, 3.63) is 36.2 Å². The molecule has 0 aromatic carbocycles. The molecule has 0 amide bonds. The maximum Gasteiger partial charge on any atom is 0.153 e. The van der Waals surface area contributed by atoms with E-state index in [9.17, 15) is 0 Å². The van der Waals surface area contributed by atoms with Gasteiger partial charge in [0.2, 0.25) is 0 Å². The summed E-state index contributed by atoms with van der Waals surface area (Å²) in [4.78, 5) is 9.53. The average Bonchev–Trinajstić information content (AvgIpc) is 3.25. The lowest BCUT2D eigenvalue weighted by Gasteiger charge is -2.47. The molecule has 5 heterocycles. The lowest BCUT2D eigenvalue weighted by molar-refractivity contribution is 0.160. The molecule has 2 saturated heterocycles. The standard InChI is InChI=1S/C25H33N9S/c1-4-19-10-18(11-20(5-2)34(19)35-33-14-17(13-26)15-33)28-25-21-7-6-8-27-22(21)12-23(30-25)29-24-9-16(3)31-32-24/h6-9,12,17-20H,4-5,10-11,14-15H2,1-3H3,(H3,28,29,30,31,32). The average molecular weight is 492 g/mol. The number of aryl methyl sites for hydroxylation is 1. The van der Waals surface area contributed by atoms with Crippen molar-refractivity contribution in [2.75, 3.05) is 23.7 Å². The minimum atomic E-state index is 0.182. The third-order valence-corrected chi connectivity index (χ3v) is 8.23. The highest BCUT2D eigenvalue weighted by Crippen LogP contribution is 2.38. The van der Waals surface area contributed by atoms with E-state index in [2.05, 4.69) is 60.4 Å². The molecule has 0 radical (unpaired) electrons. The Labute approximate surface area is 211 Å². The van der Waals surface area contributed by atoms with Gasteiger partial charge in [-0.25, -0.2) is 13.6 Å². The van der Waals surface area contributed by atoms with E-state index in [1.54, 1.807) is 0 Å². The number of aromatic nitrogens is 4. The summed E-state index contributed by atoms with van der Waals surface area (Å²) < 4.78 is 4.93. The van der Waals surface area contributed by atoms with Crippen LogP contribution >= 0.6 is 12.1 Å². The van der Waals surface area contributed by atoms with Crippen molar-refractivity contribution in [1.82, 2.24) is 28.8 Å². The Bertz CT molecular complexity index is 1190. The number of anilines is 3. The summed E-state index contributed by atoms with van der Waals surface area (Å²) in [5, 5.41) is 24.5. The number of rotatable bonds is 8. The minimum absolute atomic E-state index is 0.182. The van der Waals surface area contributed by atoms with Gasteiger partial charge in [-0.1, -0.05) is 13.8 Å².